The Morgan fingerprint density at radius 1 is 1.16 bits per heavy atom. The molecule has 1 aromatic carbocycles. The topological polar surface area (TPSA) is 72.7 Å². The monoisotopic (exact) mass is 351 g/mol. The Hall–Kier alpha value is -2.67. The number of para-hydroxylation sites is 1. The molecule has 3 heterocycles. The van der Waals surface area contributed by atoms with Crippen molar-refractivity contribution in [3.8, 4) is 11.4 Å². The summed E-state index contributed by atoms with van der Waals surface area (Å²) in [6.45, 7) is 0. The van der Waals surface area contributed by atoms with E-state index in [0.717, 1.165) is 35.1 Å². The quantitative estimate of drug-likeness (QED) is 0.785. The molecule has 0 aliphatic carbocycles. The zero-order chi connectivity index (χ0) is 17.2. The highest BCUT2D eigenvalue weighted by atomic mass is 32.2. The third-order valence-corrected chi connectivity index (χ3v) is 5.57. The van der Waals surface area contributed by atoms with Gasteiger partial charge in [-0.15, -0.1) is 10.2 Å². The van der Waals surface area contributed by atoms with Crippen LogP contribution >= 0.6 is 11.8 Å². The van der Waals surface area contributed by atoms with Crippen LogP contribution < -0.4 is 5.32 Å². The molecule has 0 spiro atoms. The molecule has 6 nitrogen and oxygen atoms in total. The number of nitrogens with zero attached hydrogens (tertiary/aromatic N) is 4. The average molecular weight is 351 g/mol. The van der Waals surface area contributed by atoms with Crippen LogP contribution in [0.25, 0.3) is 11.4 Å². The lowest BCUT2D eigenvalue weighted by atomic mass is 10.1. The van der Waals surface area contributed by atoms with E-state index < -0.39 is 0 Å². The van der Waals surface area contributed by atoms with E-state index in [4.69, 9.17) is 0 Å². The number of amides is 1. The molecule has 7 heteroatoms. The largest absolute Gasteiger partial charge is 0.325 e. The Balaban J connectivity index is 1.55. The molecule has 1 N–H and O–H groups in total. The number of nitrogens with one attached hydrogen (secondary N) is 1. The minimum Gasteiger partial charge on any atom is -0.325 e. The van der Waals surface area contributed by atoms with Gasteiger partial charge in [-0.25, -0.2) is 0 Å². The lowest BCUT2D eigenvalue weighted by Crippen LogP contribution is -2.24. The summed E-state index contributed by atoms with van der Waals surface area (Å²) < 4.78 is 1.92. The number of fused-ring (bicyclic) bond motifs is 1. The number of hydrogen-bond acceptors (Lipinski definition) is 5. The molecule has 1 atom stereocenters. The highest BCUT2D eigenvalue weighted by Gasteiger charge is 2.26. The van der Waals surface area contributed by atoms with E-state index in [1.807, 2.05) is 41.9 Å². The van der Waals surface area contributed by atoms with Gasteiger partial charge < -0.3 is 9.88 Å². The molecule has 0 saturated carbocycles. The molecule has 1 unspecified atom stereocenters. The van der Waals surface area contributed by atoms with Crippen LogP contribution in [0.4, 0.5) is 5.69 Å². The summed E-state index contributed by atoms with van der Waals surface area (Å²) in [4.78, 5) is 16.6. The molecule has 1 aliphatic rings. The summed E-state index contributed by atoms with van der Waals surface area (Å²) in [5.41, 5.74) is 3.04. The summed E-state index contributed by atoms with van der Waals surface area (Å²) in [5.74, 6) is 0.783. The molecule has 3 aromatic rings. The van der Waals surface area contributed by atoms with Gasteiger partial charge in [0, 0.05) is 30.7 Å². The standard InChI is InChI=1S/C18H17N5OS/c1-23-16(13-8-10-19-11-9-13)21-22-18(23)25-15-7-6-12-4-2-3-5-14(12)20-17(15)24/h2-5,8-11,15H,6-7H2,1H3,(H,20,24). The molecule has 0 radical (unpaired) electrons. The predicted octanol–water partition coefficient (Wildman–Crippen LogP) is 2.92. The lowest BCUT2D eigenvalue weighted by molar-refractivity contribution is -0.115. The number of carbonyl (C=O) groups excluding carboxylic acids is 1. The van der Waals surface area contributed by atoms with E-state index in [1.54, 1.807) is 12.4 Å². The van der Waals surface area contributed by atoms with E-state index in [9.17, 15) is 4.79 Å². The number of aromatic nitrogens is 4. The first-order chi connectivity index (χ1) is 12.2. The number of rotatable bonds is 3. The fourth-order valence-corrected chi connectivity index (χ4v) is 3.89. The van der Waals surface area contributed by atoms with E-state index in [-0.39, 0.29) is 11.2 Å². The molecular weight excluding hydrogens is 334 g/mol. The highest BCUT2D eigenvalue weighted by Crippen LogP contribution is 2.31. The maximum absolute atomic E-state index is 12.6. The van der Waals surface area contributed by atoms with Crippen molar-refractivity contribution in [1.82, 2.24) is 19.7 Å². The van der Waals surface area contributed by atoms with Gasteiger partial charge in [0.2, 0.25) is 5.91 Å². The minimum absolute atomic E-state index is 0.0170. The Morgan fingerprint density at radius 3 is 2.80 bits per heavy atom. The number of anilines is 1. The van der Waals surface area contributed by atoms with Crippen LogP contribution in [-0.2, 0) is 18.3 Å². The van der Waals surface area contributed by atoms with Crippen molar-refractivity contribution in [3.05, 3.63) is 54.4 Å². The lowest BCUT2D eigenvalue weighted by Gasteiger charge is -2.12. The van der Waals surface area contributed by atoms with Gasteiger partial charge in [0.05, 0.1) is 5.25 Å². The summed E-state index contributed by atoms with van der Waals surface area (Å²) in [5, 5.41) is 12.1. The summed E-state index contributed by atoms with van der Waals surface area (Å²) in [6, 6.07) is 11.7. The normalized spacial score (nSPS) is 16.8. The number of benzene rings is 1. The van der Waals surface area contributed by atoms with Gasteiger partial charge in [-0.3, -0.25) is 9.78 Å². The van der Waals surface area contributed by atoms with Gasteiger partial charge in [-0.1, -0.05) is 30.0 Å². The molecule has 0 saturated heterocycles. The van der Waals surface area contributed by atoms with Gasteiger partial charge in [0.1, 0.15) is 0 Å². The Kier molecular flexibility index (Phi) is 4.23. The van der Waals surface area contributed by atoms with Crippen LogP contribution in [0, 0.1) is 0 Å². The number of hydrogen-bond donors (Lipinski definition) is 1. The zero-order valence-corrected chi connectivity index (χ0v) is 14.5. The summed E-state index contributed by atoms with van der Waals surface area (Å²) >= 11 is 1.46. The molecule has 1 amide bonds. The molecule has 25 heavy (non-hydrogen) atoms. The smallest absolute Gasteiger partial charge is 0.237 e. The summed E-state index contributed by atoms with van der Waals surface area (Å²) in [6.07, 6.45) is 5.09. The fraction of sp³-hybridized carbons (Fsp3) is 0.222. The van der Waals surface area contributed by atoms with E-state index in [2.05, 4.69) is 26.6 Å². The molecule has 0 fully saturated rings. The van der Waals surface area contributed by atoms with Gasteiger partial charge in [-0.05, 0) is 36.6 Å². The molecule has 126 valence electrons. The SMILES string of the molecule is Cn1c(SC2CCc3ccccc3NC2=O)nnc1-c1ccncc1. The third-order valence-electron chi connectivity index (χ3n) is 4.26. The second kappa shape index (κ2) is 6.68. The molecule has 2 aromatic heterocycles. The first kappa shape index (κ1) is 15.8. The minimum atomic E-state index is -0.194. The van der Waals surface area contributed by atoms with Crippen molar-refractivity contribution < 1.29 is 4.79 Å². The van der Waals surface area contributed by atoms with Crippen LogP contribution in [0.15, 0.2) is 53.9 Å². The molecule has 0 bridgehead atoms. The second-order valence-electron chi connectivity index (χ2n) is 5.89. The highest BCUT2D eigenvalue weighted by molar-refractivity contribution is 8.00. The molecular formula is C18H17N5OS. The van der Waals surface area contributed by atoms with Crippen LogP contribution in [0.5, 0.6) is 0 Å². The van der Waals surface area contributed by atoms with Crippen molar-refractivity contribution in [3.63, 3.8) is 0 Å². The second-order valence-corrected chi connectivity index (χ2v) is 7.06. The number of pyridine rings is 1. The van der Waals surface area contributed by atoms with E-state index in [1.165, 1.54) is 17.3 Å². The predicted molar refractivity (Wildman–Crippen MR) is 97.3 cm³/mol. The molecule has 1 aliphatic heterocycles. The number of carbonyl (C=O) groups is 1. The van der Waals surface area contributed by atoms with Crippen LogP contribution in [-0.4, -0.2) is 30.9 Å². The van der Waals surface area contributed by atoms with E-state index in [0.29, 0.717) is 0 Å². The van der Waals surface area contributed by atoms with Crippen LogP contribution in [0.2, 0.25) is 0 Å². The van der Waals surface area contributed by atoms with Crippen LogP contribution in [0.3, 0.4) is 0 Å². The zero-order valence-electron chi connectivity index (χ0n) is 13.7. The van der Waals surface area contributed by atoms with Crippen molar-refractivity contribution in [2.75, 3.05) is 5.32 Å². The first-order valence-electron chi connectivity index (χ1n) is 8.07. The maximum atomic E-state index is 12.6. The van der Waals surface area contributed by atoms with Crippen LogP contribution in [0.1, 0.15) is 12.0 Å². The van der Waals surface area contributed by atoms with Crippen molar-refractivity contribution in [1.29, 1.82) is 0 Å². The Labute approximate surface area is 149 Å². The van der Waals surface area contributed by atoms with Crippen molar-refractivity contribution in [2.45, 2.75) is 23.2 Å². The Morgan fingerprint density at radius 2 is 1.96 bits per heavy atom. The van der Waals surface area contributed by atoms with E-state index >= 15 is 0 Å². The van der Waals surface area contributed by atoms with Gasteiger partial charge in [0.25, 0.3) is 0 Å². The number of thioether (sulfide) groups is 1. The Bertz CT molecular complexity index is 909. The van der Waals surface area contributed by atoms with Gasteiger partial charge >= 0.3 is 0 Å². The summed E-state index contributed by atoms with van der Waals surface area (Å²) in [7, 11) is 1.92. The van der Waals surface area contributed by atoms with Gasteiger partial charge in [-0.2, -0.15) is 0 Å². The van der Waals surface area contributed by atoms with Crippen molar-refractivity contribution in [2.24, 2.45) is 7.05 Å². The fourth-order valence-electron chi connectivity index (χ4n) is 2.90. The third kappa shape index (κ3) is 3.15. The number of aryl methyl sites for hydroxylation is 1. The maximum Gasteiger partial charge on any atom is 0.237 e. The first-order valence-corrected chi connectivity index (χ1v) is 8.95. The van der Waals surface area contributed by atoms with Crippen molar-refractivity contribution >= 4 is 23.4 Å². The average Bonchev–Trinajstić information content (AvgIpc) is 2.92. The van der Waals surface area contributed by atoms with Gasteiger partial charge in [0.15, 0.2) is 11.0 Å². The molecule has 4 rings (SSSR count).